The van der Waals surface area contributed by atoms with E-state index in [9.17, 15) is 8.42 Å². The molecule has 2 N–H and O–H groups in total. The normalized spacial score (nSPS) is 41.1. The van der Waals surface area contributed by atoms with E-state index >= 15 is 0 Å². The van der Waals surface area contributed by atoms with Crippen molar-refractivity contribution in [3.8, 4) is 0 Å². The predicted molar refractivity (Wildman–Crippen MR) is 59.9 cm³/mol. The first-order valence-electron chi connectivity index (χ1n) is 5.71. The first kappa shape index (κ1) is 12.3. The van der Waals surface area contributed by atoms with Crippen LogP contribution in [0.25, 0.3) is 0 Å². The molecule has 4 unspecified atom stereocenters. The third-order valence-corrected chi connectivity index (χ3v) is 6.30. The minimum atomic E-state index is -3.24. The number of hydrogen-bond donors (Lipinski definition) is 1. The van der Waals surface area contributed by atoms with Crippen molar-refractivity contribution in [3.05, 3.63) is 0 Å². The molecule has 0 spiro atoms. The van der Waals surface area contributed by atoms with Gasteiger partial charge >= 0.3 is 0 Å². The second-order valence-electron chi connectivity index (χ2n) is 4.56. The summed E-state index contributed by atoms with van der Waals surface area (Å²) in [5.74, 6) is 0. The minimum absolute atomic E-state index is 0.223. The molecule has 4 atom stereocenters. The van der Waals surface area contributed by atoms with Crippen molar-refractivity contribution in [2.45, 2.75) is 42.4 Å². The molecule has 0 radical (unpaired) electrons. The van der Waals surface area contributed by atoms with Gasteiger partial charge in [0.05, 0.1) is 18.0 Å². The summed E-state index contributed by atoms with van der Waals surface area (Å²) < 4.78 is 35.3. The summed E-state index contributed by atoms with van der Waals surface area (Å²) in [5, 5.41) is -0.972. The largest absolute Gasteiger partial charge is 0.380 e. The van der Waals surface area contributed by atoms with Crippen LogP contribution < -0.4 is 5.73 Å². The van der Waals surface area contributed by atoms with Crippen LogP contribution in [0.5, 0.6) is 0 Å². The van der Waals surface area contributed by atoms with Crippen LogP contribution >= 0.6 is 0 Å². The van der Waals surface area contributed by atoms with E-state index in [0.29, 0.717) is 26.1 Å². The molecule has 2 fully saturated rings. The highest BCUT2D eigenvalue weighted by Gasteiger charge is 2.44. The van der Waals surface area contributed by atoms with Gasteiger partial charge in [0, 0.05) is 19.3 Å². The molecule has 0 saturated carbocycles. The van der Waals surface area contributed by atoms with Gasteiger partial charge in [-0.2, -0.15) is 0 Å². The van der Waals surface area contributed by atoms with Crippen LogP contribution in [0.4, 0.5) is 0 Å². The number of nitrogens with two attached hydrogens (primary N) is 1. The molecular weight excluding hydrogens is 230 g/mol. The van der Waals surface area contributed by atoms with Gasteiger partial charge in [0.2, 0.25) is 0 Å². The Bertz CT molecular complexity index is 343. The molecule has 2 aliphatic rings. The smallest absolute Gasteiger partial charge is 0.162 e. The minimum Gasteiger partial charge on any atom is -0.380 e. The van der Waals surface area contributed by atoms with E-state index in [-0.39, 0.29) is 18.8 Å². The summed E-state index contributed by atoms with van der Waals surface area (Å²) in [6.07, 6.45) is 0.970. The number of rotatable bonds is 2. The van der Waals surface area contributed by atoms with Gasteiger partial charge < -0.3 is 15.2 Å². The van der Waals surface area contributed by atoms with Crippen LogP contribution in [-0.4, -0.2) is 50.9 Å². The van der Waals surface area contributed by atoms with Crippen LogP contribution in [-0.2, 0) is 19.3 Å². The monoisotopic (exact) mass is 249 g/mol. The van der Waals surface area contributed by atoms with Gasteiger partial charge in [-0.25, -0.2) is 8.42 Å². The fourth-order valence-corrected chi connectivity index (χ4v) is 4.83. The molecule has 0 amide bonds. The van der Waals surface area contributed by atoms with Crippen LogP contribution in [0.15, 0.2) is 0 Å². The topological polar surface area (TPSA) is 78.6 Å². The summed E-state index contributed by atoms with van der Waals surface area (Å²) in [6.45, 7) is 3.12. The Balaban J connectivity index is 2.17. The van der Waals surface area contributed by atoms with E-state index in [1.165, 1.54) is 0 Å². The summed E-state index contributed by atoms with van der Waals surface area (Å²) in [5.41, 5.74) is 5.88. The quantitative estimate of drug-likeness (QED) is 0.726. The van der Waals surface area contributed by atoms with Crippen molar-refractivity contribution in [1.82, 2.24) is 0 Å². The second-order valence-corrected chi connectivity index (χ2v) is 6.95. The lowest BCUT2D eigenvalue weighted by Crippen LogP contribution is -2.51. The second kappa shape index (κ2) is 4.60. The molecule has 94 valence electrons. The molecule has 5 nitrogen and oxygen atoms in total. The Kier molecular flexibility index (Phi) is 3.53. The maximum atomic E-state index is 12.4. The zero-order chi connectivity index (χ0) is 11.8. The summed E-state index contributed by atoms with van der Waals surface area (Å²) in [4.78, 5) is 0. The molecule has 0 aliphatic carbocycles. The molecule has 16 heavy (non-hydrogen) atoms. The Morgan fingerprint density at radius 3 is 2.50 bits per heavy atom. The van der Waals surface area contributed by atoms with E-state index < -0.39 is 20.3 Å². The zero-order valence-corrected chi connectivity index (χ0v) is 10.3. The van der Waals surface area contributed by atoms with Gasteiger partial charge in [0.25, 0.3) is 0 Å². The zero-order valence-electron chi connectivity index (χ0n) is 9.46. The standard InChI is InChI=1S/C10H19NO4S/c1-7-9(3-5-15-7)16(12,13)10-6-14-4-2-8(10)11/h7-10H,2-6,11H2,1H3. The molecule has 2 saturated heterocycles. The molecule has 0 aromatic heterocycles. The van der Waals surface area contributed by atoms with Crippen molar-refractivity contribution in [3.63, 3.8) is 0 Å². The van der Waals surface area contributed by atoms with Crippen molar-refractivity contribution in [2.75, 3.05) is 19.8 Å². The van der Waals surface area contributed by atoms with E-state index in [1.54, 1.807) is 0 Å². The summed E-state index contributed by atoms with van der Waals surface area (Å²) in [7, 11) is -3.24. The maximum Gasteiger partial charge on any atom is 0.162 e. The SMILES string of the molecule is CC1OCCC1S(=O)(=O)C1COCCC1N. The Hall–Kier alpha value is -0.170. The van der Waals surface area contributed by atoms with Gasteiger partial charge in [-0.15, -0.1) is 0 Å². The number of sulfone groups is 1. The molecule has 2 heterocycles. The van der Waals surface area contributed by atoms with E-state index in [0.717, 1.165) is 0 Å². The summed E-state index contributed by atoms with van der Waals surface area (Å²) in [6, 6.07) is -0.299. The van der Waals surface area contributed by atoms with Crippen molar-refractivity contribution in [1.29, 1.82) is 0 Å². The van der Waals surface area contributed by atoms with Gasteiger partial charge in [0.15, 0.2) is 9.84 Å². The van der Waals surface area contributed by atoms with E-state index in [4.69, 9.17) is 15.2 Å². The van der Waals surface area contributed by atoms with Crippen molar-refractivity contribution in [2.24, 2.45) is 5.73 Å². The molecule has 2 rings (SSSR count). The molecule has 2 aliphatic heterocycles. The van der Waals surface area contributed by atoms with E-state index in [1.807, 2.05) is 6.92 Å². The molecular formula is C10H19NO4S. The molecule has 0 bridgehead atoms. The van der Waals surface area contributed by atoms with Crippen LogP contribution in [0.3, 0.4) is 0 Å². The summed E-state index contributed by atoms with van der Waals surface area (Å²) >= 11 is 0. The molecule has 0 aromatic rings. The van der Waals surface area contributed by atoms with Crippen molar-refractivity contribution < 1.29 is 17.9 Å². The van der Waals surface area contributed by atoms with Gasteiger partial charge in [0.1, 0.15) is 5.25 Å². The Morgan fingerprint density at radius 2 is 1.94 bits per heavy atom. The van der Waals surface area contributed by atoms with Crippen LogP contribution in [0.2, 0.25) is 0 Å². The highest BCUT2D eigenvalue weighted by molar-refractivity contribution is 7.92. The average Bonchev–Trinajstić information content (AvgIpc) is 2.65. The number of ether oxygens (including phenoxy) is 2. The molecule has 0 aromatic carbocycles. The number of hydrogen-bond acceptors (Lipinski definition) is 5. The Morgan fingerprint density at radius 1 is 1.19 bits per heavy atom. The highest BCUT2D eigenvalue weighted by Crippen LogP contribution is 2.27. The van der Waals surface area contributed by atoms with Crippen molar-refractivity contribution >= 4 is 9.84 Å². The molecule has 6 heteroatoms. The third kappa shape index (κ3) is 2.11. The lowest BCUT2D eigenvalue weighted by atomic mass is 10.1. The van der Waals surface area contributed by atoms with Crippen LogP contribution in [0.1, 0.15) is 19.8 Å². The maximum absolute atomic E-state index is 12.4. The van der Waals surface area contributed by atoms with Gasteiger partial charge in [-0.3, -0.25) is 0 Å². The predicted octanol–water partition coefficient (Wildman–Crippen LogP) is -0.305. The first-order chi connectivity index (χ1) is 7.53. The highest BCUT2D eigenvalue weighted by atomic mass is 32.2. The van der Waals surface area contributed by atoms with E-state index in [2.05, 4.69) is 0 Å². The van der Waals surface area contributed by atoms with Crippen LogP contribution in [0, 0.1) is 0 Å². The Labute approximate surface area is 96.2 Å². The fraction of sp³-hybridized carbons (Fsp3) is 1.00. The first-order valence-corrected chi connectivity index (χ1v) is 7.32. The third-order valence-electron chi connectivity index (χ3n) is 3.51. The fourth-order valence-electron chi connectivity index (χ4n) is 2.43. The lowest BCUT2D eigenvalue weighted by Gasteiger charge is -2.31. The van der Waals surface area contributed by atoms with Gasteiger partial charge in [-0.05, 0) is 19.8 Å². The average molecular weight is 249 g/mol. The van der Waals surface area contributed by atoms with Gasteiger partial charge in [-0.1, -0.05) is 0 Å². The lowest BCUT2D eigenvalue weighted by molar-refractivity contribution is 0.0881.